The van der Waals surface area contributed by atoms with E-state index in [0.29, 0.717) is 5.57 Å². The van der Waals surface area contributed by atoms with E-state index in [4.69, 9.17) is 5.41 Å². The number of aldehydes is 1. The summed E-state index contributed by atoms with van der Waals surface area (Å²) in [5.74, 6) is 0. The van der Waals surface area contributed by atoms with Crippen LogP contribution < -0.4 is 0 Å². The Balaban J connectivity index is 4.71. The highest BCUT2D eigenvalue weighted by atomic mass is 16.1. The topological polar surface area (TPSA) is 40.9 Å². The van der Waals surface area contributed by atoms with Gasteiger partial charge in [-0.05, 0) is 32.4 Å². The lowest BCUT2D eigenvalue weighted by Crippen LogP contribution is -1.86. The smallest absolute Gasteiger partial charge is 0.149 e. The summed E-state index contributed by atoms with van der Waals surface area (Å²) in [4.78, 5) is 10.4. The lowest BCUT2D eigenvalue weighted by molar-refractivity contribution is -0.104. The van der Waals surface area contributed by atoms with Crippen molar-refractivity contribution in [2.24, 2.45) is 0 Å². The van der Waals surface area contributed by atoms with Crippen LogP contribution in [0, 0.1) is 5.41 Å². The molecule has 11 heavy (non-hydrogen) atoms. The molecule has 0 aromatic heterocycles. The zero-order valence-corrected chi connectivity index (χ0v) is 7.14. The van der Waals surface area contributed by atoms with Gasteiger partial charge in [0.25, 0.3) is 0 Å². The Labute approximate surface area is 67.1 Å². The van der Waals surface area contributed by atoms with E-state index < -0.39 is 0 Å². The number of carbonyl (C=O) groups excluding carboxylic acids is 1. The van der Waals surface area contributed by atoms with Crippen molar-refractivity contribution in [2.75, 3.05) is 0 Å². The van der Waals surface area contributed by atoms with Crippen molar-refractivity contribution in [3.63, 3.8) is 0 Å². The fraction of sp³-hybridized carbons (Fsp3) is 0.333. The number of hydrogen-bond donors (Lipinski definition) is 1. The highest BCUT2D eigenvalue weighted by molar-refractivity contribution is 5.84. The van der Waals surface area contributed by atoms with Gasteiger partial charge in [0.15, 0.2) is 0 Å². The van der Waals surface area contributed by atoms with Crippen LogP contribution in [-0.4, -0.2) is 12.5 Å². The van der Waals surface area contributed by atoms with E-state index in [-0.39, 0.29) is 0 Å². The molecular formula is C9H13NO. The zero-order chi connectivity index (χ0) is 8.85. The van der Waals surface area contributed by atoms with Gasteiger partial charge in [-0.15, -0.1) is 0 Å². The minimum absolute atomic E-state index is 0.658. The van der Waals surface area contributed by atoms with Crippen LogP contribution in [0.25, 0.3) is 0 Å². The molecule has 60 valence electrons. The molecule has 0 aliphatic heterocycles. The summed E-state index contributed by atoms with van der Waals surface area (Å²) < 4.78 is 0. The van der Waals surface area contributed by atoms with Crippen LogP contribution in [0.4, 0.5) is 0 Å². The SMILES string of the molecule is CC(C)=C(C=O)/C=C(/C)C=N. The molecule has 0 radical (unpaired) electrons. The zero-order valence-electron chi connectivity index (χ0n) is 7.14. The second-order valence-corrected chi connectivity index (χ2v) is 2.61. The summed E-state index contributed by atoms with van der Waals surface area (Å²) in [6.07, 6.45) is 3.74. The van der Waals surface area contributed by atoms with Crippen LogP contribution in [-0.2, 0) is 4.79 Å². The number of nitrogens with one attached hydrogen (secondary N) is 1. The average Bonchev–Trinajstić information content (AvgIpc) is 1.99. The Morgan fingerprint density at radius 2 is 1.82 bits per heavy atom. The number of carbonyl (C=O) groups is 1. The first-order valence-electron chi connectivity index (χ1n) is 3.43. The summed E-state index contributed by atoms with van der Waals surface area (Å²) in [5.41, 5.74) is 2.42. The van der Waals surface area contributed by atoms with Crippen molar-refractivity contribution >= 4 is 12.5 Å². The van der Waals surface area contributed by atoms with E-state index in [1.807, 2.05) is 13.8 Å². The fourth-order valence-electron chi connectivity index (χ4n) is 0.583. The van der Waals surface area contributed by atoms with Gasteiger partial charge in [0, 0.05) is 11.8 Å². The first-order valence-corrected chi connectivity index (χ1v) is 3.43. The third kappa shape index (κ3) is 3.50. The minimum atomic E-state index is 0.658. The molecule has 0 aliphatic rings. The van der Waals surface area contributed by atoms with Crippen molar-refractivity contribution in [1.29, 1.82) is 5.41 Å². The van der Waals surface area contributed by atoms with Gasteiger partial charge in [0.1, 0.15) is 6.29 Å². The Morgan fingerprint density at radius 3 is 2.09 bits per heavy atom. The van der Waals surface area contributed by atoms with E-state index in [1.54, 1.807) is 13.0 Å². The molecule has 1 N–H and O–H groups in total. The van der Waals surface area contributed by atoms with Crippen LogP contribution in [0.15, 0.2) is 22.8 Å². The molecule has 0 fully saturated rings. The molecule has 0 bridgehead atoms. The minimum Gasteiger partial charge on any atom is -0.308 e. The predicted molar refractivity (Wildman–Crippen MR) is 47.0 cm³/mol. The van der Waals surface area contributed by atoms with Crippen molar-refractivity contribution in [3.8, 4) is 0 Å². The van der Waals surface area contributed by atoms with Gasteiger partial charge in [-0.2, -0.15) is 0 Å². The molecule has 0 saturated carbocycles. The molecule has 0 atom stereocenters. The number of hydrogen-bond acceptors (Lipinski definition) is 2. The molecule has 0 saturated heterocycles. The highest BCUT2D eigenvalue weighted by Gasteiger charge is 1.92. The maximum Gasteiger partial charge on any atom is 0.149 e. The van der Waals surface area contributed by atoms with Gasteiger partial charge < -0.3 is 5.41 Å². The summed E-state index contributed by atoms with van der Waals surface area (Å²) in [7, 11) is 0. The molecule has 2 nitrogen and oxygen atoms in total. The van der Waals surface area contributed by atoms with Gasteiger partial charge >= 0.3 is 0 Å². The first kappa shape index (κ1) is 9.82. The van der Waals surface area contributed by atoms with Crippen LogP contribution >= 0.6 is 0 Å². The standard InChI is InChI=1S/C9H13NO/c1-7(2)9(6-11)4-8(3)5-10/h4-6,10H,1-3H3/b8-4-,10-5?. The van der Waals surface area contributed by atoms with Gasteiger partial charge in [0.05, 0.1) is 0 Å². The molecule has 0 spiro atoms. The Kier molecular flexibility index (Phi) is 4.11. The molecule has 0 unspecified atom stereocenters. The van der Waals surface area contributed by atoms with Crippen molar-refractivity contribution in [1.82, 2.24) is 0 Å². The largest absolute Gasteiger partial charge is 0.308 e. The molecule has 0 aromatic rings. The molecular weight excluding hydrogens is 138 g/mol. The number of rotatable bonds is 3. The van der Waals surface area contributed by atoms with Crippen LogP contribution in [0.5, 0.6) is 0 Å². The van der Waals surface area contributed by atoms with Gasteiger partial charge in [-0.3, -0.25) is 4.79 Å². The molecule has 0 aliphatic carbocycles. The molecule has 2 heteroatoms. The van der Waals surface area contributed by atoms with Crippen molar-refractivity contribution in [3.05, 3.63) is 22.8 Å². The molecule has 0 rings (SSSR count). The van der Waals surface area contributed by atoms with E-state index in [9.17, 15) is 4.79 Å². The first-order chi connectivity index (χ1) is 5.11. The Morgan fingerprint density at radius 1 is 1.27 bits per heavy atom. The lowest BCUT2D eigenvalue weighted by Gasteiger charge is -1.94. The van der Waals surface area contributed by atoms with Crippen molar-refractivity contribution in [2.45, 2.75) is 20.8 Å². The summed E-state index contributed by atoms with van der Waals surface area (Å²) in [5, 5.41) is 6.89. The van der Waals surface area contributed by atoms with Gasteiger partial charge in [-0.25, -0.2) is 0 Å². The maximum absolute atomic E-state index is 10.4. The summed E-state index contributed by atoms with van der Waals surface area (Å²) >= 11 is 0. The monoisotopic (exact) mass is 151 g/mol. The predicted octanol–water partition coefficient (Wildman–Crippen LogP) is 2.12. The Hall–Kier alpha value is -1.18. The van der Waals surface area contributed by atoms with Crippen molar-refractivity contribution < 1.29 is 4.79 Å². The van der Waals surface area contributed by atoms with Crippen LogP contribution in [0.2, 0.25) is 0 Å². The third-order valence-electron chi connectivity index (χ3n) is 1.32. The van der Waals surface area contributed by atoms with Gasteiger partial charge in [-0.1, -0.05) is 5.57 Å². The lowest BCUT2D eigenvalue weighted by atomic mass is 10.1. The maximum atomic E-state index is 10.4. The molecule has 0 amide bonds. The van der Waals surface area contributed by atoms with Crippen LogP contribution in [0.1, 0.15) is 20.8 Å². The fourth-order valence-corrected chi connectivity index (χ4v) is 0.583. The summed E-state index contributed by atoms with van der Waals surface area (Å²) in [6, 6.07) is 0. The van der Waals surface area contributed by atoms with Gasteiger partial charge in [0.2, 0.25) is 0 Å². The van der Waals surface area contributed by atoms with E-state index in [2.05, 4.69) is 0 Å². The van der Waals surface area contributed by atoms with E-state index in [1.165, 1.54) is 6.21 Å². The Bertz CT molecular complexity index is 220. The normalized spacial score (nSPS) is 10.6. The van der Waals surface area contributed by atoms with E-state index in [0.717, 1.165) is 17.4 Å². The second kappa shape index (κ2) is 4.61. The van der Waals surface area contributed by atoms with E-state index >= 15 is 0 Å². The number of allylic oxidation sites excluding steroid dienone is 4. The second-order valence-electron chi connectivity index (χ2n) is 2.61. The molecule has 0 heterocycles. The van der Waals surface area contributed by atoms with Crippen LogP contribution in [0.3, 0.4) is 0 Å². The summed E-state index contributed by atoms with van der Waals surface area (Å²) in [6.45, 7) is 5.54. The molecule has 0 aromatic carbocycles. The third-order valence-corrected chi connectivity index (χ3v) is 1.32. The average molecular weight is 151 g/mol. The highest BCUT2D eigenvalue weighted by Crippen LogP contribution is 2.03. The quantitative estimate of drug-likeness (QED) is 0.285.